The Labute approximate surface area is 151 Å². The van der Waals surface area contributed by atoms with E-state index in [1.807, 2.05) is 78.9 Å². The molecule has 0 saturated heterocycles. The van der Waals surface area contributed by atoms with Crippen molar-refractivity contribution in [3.05, 3.63) is 118 Å². The van der Waals surface area contributed by atoms with Crippen LogP contribution in [0, 0.1) is 10.1 Å². The Morgan fingerprint density at radius 3 is 1.85 bits per heavy atom. The van der Waals surface area contributed by atoms with Crippen molar-refractivity contribution in [2.75, 3.05) is 5.32 Å². The maximum absolute atomic E-state index is 11.1. The van der Waals surface area contributed by atoms with Gasteiger partial charge in [-0.3, -0.25) is 10.1 Å². The molecule has 26 heavy (non-hydrogen) atoms. The second-order valence-corrected chi connectivity index (χ2v) is 5.48. The average molecular weight is 343 g/mol. The molecule has 0 bridgehead atoms. The number of anilines is 1. The maximum atomic E-state index is 11.1. The van der Waals surface area contributed by atoms with Crippen LogP contribution in [0.4, 0.5) is 5.69 Å². The number of hydrogen-bond donors (Lipinski definition) is 1. The summed E-state index contributed by atoms with van der Waals surface area (Å²) >= 11 is 0. The number of nitrogens with one attached hydrogen (secondary N) is 1. The van der Waals surface area contributed by atoms with Gasteiger partial charge in [-0.15, -0.1) is 0 Å². The highest BCUT2D eigenvalue weighted by Gasteiger charge is 2.10. The third-order valence-electron chi connectivity index (χ3n) is 3.61. The van der Waals surface area contributed by atoms with Gasteiger partial charge in [-0.2, -0.15) is 0 Å². The molecule has 3 aromatic carbocycles. The van der Waals surface area contributed by atoms with Crippen LogP contribution >= 0.6 is 0 Å². The molecular weight excluding hydrogens is 326 g/mol. The molecule has 1 N–H and O–H groups in total. The van der Waals surface area contributed by atoms with Gasteiger partial charge in [-0.1, -0.05) is 78.9 Å². The molecular formula is C21H17N3O2. The summed E-state index contributed by atoms with van der Waals surface area (Å²) in [5.74, 6) is 0.536. The third kappa shape index (κ3) is 4.64. The minimum atomic E-state index is -0.489. The molecule has 0 aliphatic carbocycles. The molecule has 0 atom stereocenters. The van der Waals surface area contributed by atoms with Gasteiger partial charge in [-0.25, -0.2) is 4.99 Å². The van der Waals surface area contributed by atoms with Gasteiger partial charge < -0.3 is 5.32 Å². The first kappa shape index (κ1) is 17.1. The Kier molecular flexibility index (Phi) is 5.52. The fourth-order valence-corrected chi connectivity index (χ4v) is 2.42. The summed E-state index contributed by atoms with van der Waals surface area (Å²) in [7, 11) is 0. The number of rotatable bonds is 5. The van der Waals surface area contributed by atoms with E-state index in [-0.39, 0.29) is 5.70 Å². The highest BCUT2D eigenvalue weighted by atomic mass is 16.6. The Hall–Kier alpha value is -3.73. The number of hydrogen-bond acceptors (Lipinski definition) is 3. The van der Waals surface area contributed by atoms with E-state index >= 15 is 0 Å². The van der Waals surface area contributed by atoms with E-state index < -0.39 is 4.92 Å². The first-order valence-electron chi connectivity index (χ1n) is 8.09. The van der Waals surface area contributed by atoms with Crippen LogP contribution in [0.2, 0.25) is 0 Å². The van der Waals surface area contributed by atoms with E-state index in [2.05, 4.69) is 10.3 Å². The smallest absolute Gasteiger partial charge is 0.260 e. The van der Waals surface area contributed by atoms with Crippen molar-refractivity contribution in [1.82, 2.24) is 0 Å². The van der Waals surface area contributed by atoms with Crippen LogP contribution in [0.3, 0.4) is 0 Å². The van der Waals surface area contributed by atoms with Gasteiger partial charge in [0.05, 0.1) is 4.92 Å². The van der Waals surface area contributed by atoms with Crippen molar-refractivity contribution in [1.29, 1.82) is 0 Å². The topological polar surface area (TPSA) is 67.5 Å². The molecule has 0 amide bonds. The lowest BCUT2D eigenvalue weighted by Gasteiger charge is -2.11. The van der Waals surface area contributed by atoms with E-state index in [4.69, 9.17) is 0 Å². The van der Waals surface area contributed by atoms with Crippen molar-refractivity contribution in [2.45, 2.75) is 0 Å². The fourth-order valence-electron chi connectivity index (χ4n) is 2.42. The quantitative estimate of drug-likeness (QED) is 0.312. The van der Waals surface area contributed by atoms with Crippen molar-refractivity contribution in [3.8, 4) is 0 Å². The number of aliphatic imine (C=N–C) groups is 1. The van der Waals surface area contributed by atoms with Crippen molar-refractivity contribution < 1.29 is 4.92 Å². The van der Waals surface area contributed by atoms with Crippen molar-refractivity contribution in [3.63, 3.8) is 0 Å². The maximum Gasteiger partial charge on any atom is 0.260 e. The molecule has 0 saturated carbocycles. The largest absolute Gasteiger partial charge is 0.340 e. The van der Waals surface area contributed by atoms with E-state index in [1.54, 1.807) is 12.1 Å². The lowest BCUT2D eigenvalue weighted by molar-refractivity contribution is -0.401. The van der Waals surface area contributed by atoms with Gasteiger partial charge in [0.1, 0.15) is 11.5 Å². The Balaban J connectivity index is 2.07. The van der Waals surface area contributed by atoms with Crippen molar-refractivity contribution in [2.24, 2.45) is 4.99 Å². The first-order chi connectivity index (χ1) is 12.7. The lowest BCUT2D eigenvalue weighted by atomic mass is 10.1. The Bertz CT molecular complexity index is 921. The molecule has 0 heterocycles. The zero-order valence-electron chi connectivity index (χ0n) is 13.9. The molecule has 0 unspecified atom stereocenters. The van der Waals surface area contributed by atoms with Crippen LogP contribution in [-0.4, -0.2) is 10.8 Å². The summed E-state index contributed by atoms with van der Waals surface area (Å²) in [5, 5.41) is 14.4. The highest BCUT2D eigenvalue weighted by Crippen LogP contribution is 2.18. The SMILES string of the molecule is O=[N+]([O-])/C=C(/N=C(Nc1ccccc1)c1ccccc1)c1ccccc1. The van der Waals surface area contributed by atoms with Crippen LogP contribution in [0.15, 0.2) is 102 Å². The second kappa shape index (κ2) is 8.39. The molecule has 3 aromatic rings. The summed E-state index contributed by atoms with van der Waals surface area (Å²) in [6, 6.07) is 28.2. The molecule has 0 aliphatic rings. The van der Waals surface area contributed by atoms with Gasteiger partial charge in [0.2, 0.25) is 0 Å². The number of nitrogens with zero attached hydrogens (tertiary/aromatic N) is 2. The highest BCUT2D eigenvalue weighted by molar-refractivity contribution is 6.10. The Morgan fingerprint density at radius 1 is 0.808 bits per heavy atom. The predicted octanol–water partition coefficient (Wildman–Crippen LogP) is 4.82. The summed E-state index contributed by atoms with van der Waals surface area (Å²) in [5.41, 5.74) is 2.63. The van der Waals surface area contributed by atoms with Crippen LogP contribution < -0.4 is 5.32 Å². The molecule has 3 rings (SSSR count). The summed E-state index contributed by atoms with van der Waals surface area (Å²) in [6.45, 7) is 0. The normalized spacial score (nSPS) is 11.8. The third-order valence-corrected chi connectivity index (χ3v) is 3.61. The predicted molar refractivity (Wildman–Crippen MR) is 104 cm³/mol. The average Bonchev–Trinajstić information content (AvgIpc) is 2.69. The zero-order valence-corrected chi connectivity index (χ0v) is 13.9. The molecule has 0 radical (unpaired) electrons. The first-order valence-corrected chi connectivity index (χ1v) is 8.09. The van der Waals surface area contributed by atoms with E-state index in [0.29, 0.717) is 11.4 Å². The lowest BCUT2D eigenvalue weighted by Crippen LogP contribution is -2.14. The molecule has 0 aromatic heterocycles. The standard InChI is InChI=1S/C21H17N3O2/c25-24(26)16-20(17-10-4-1-5-11-17)23-21(18-12-6-2-7-13-18)22-19-14-8-3-9-15-19/h1-16H,(H,22,23)/b20-16+. The van der Waals surface area contributed by atoms with Crippen LogP contribution in [-0.2, 0) is 0 Å². The van der Waals surface area contributed by atoms with Gasteiger partial charge >= 0.3 is 0 Å². The Morgan fingerprint density at radius 2 is 1.31 bits per heavy atom. The summed E-state index contributed by atoms with van der Waals surface area (Å²) in [6.07, 6.45) is 0.922. The van der Waals surface area contributed by atoms with Gasteiger partial charge in [-0.05, 0) is 12.1 Å². The second-order valence-electron chi connectivity index (χ2n) is 5.48. The summed E-state index contributed by atoms with van der Waals surface area (Å²) < 4.78 is 0. The molecule has 0 aliphatic heterocycles. The number of benzene rings is 3. The van der Waals surface area contributed by atoms with Crippen molar-refractivity contribution >= 4 is 17.2 Å². The molecule has 0 spiro atoms. The summed E-state index contributed by atoms with van der Waals surface area (Å²) in [4.78, 5) is 15.2. The van der Waals surface area contributed by atoms with Crippen LogP contribution in [0.1, 0.15) is 11.1 Å². The molecule has 0 fully saturated rings. The van der Waals surface area contributed by atoms with Gasteiger partial charge in [0.25, 0.3) is 6.20 Å². The monoisotopic (exact) mass is 343 g/mol. The minimum Gasteiger partial charge on any atom is -0.340 e. The van der Waals surface area contributed by atoms with E-state index in [9.17, 15) is 10.1 Å². The van der Waals surface area contributed by atoms with Crippen LogP contribution in [0.5, 0.6) is 0 Å². The van der Waals surface area contributed by atoms with Gasteiger partial charge in [0, 0.05) is 16.8 Å². The van der Waals surface area contributed by atoms with Gasteiger partial charge in [0.15, 0.2) is 0 Å². The number of nitro groups is 1. The van der Waals surface area contributed by atoms with Crippen LogP contribution in [0.25, 0.3) is 5.70 Å². The minimum absolute atomic E-state index is 0.276. The van der Waals surface area contributed by atoms with E-state index in [1.165, 1.54) is 0 Å². The zero-order chi connectivity index (χ0) is 18.2. The van der Waals surface area contributed by atoms with E-state index in [0.717, 1.165) is 17.5 Å². The molecule has 5 nitrogen and oxygen atoms in total. The number of amidine groups is 1. The fraction of sp³-hybridized carbons (Fsp3) is 0. The molecule has 128 valence electrons. The molecule has 5 heteroatoms. The number of para-hydroxylation sites is 1.